The second-order valence-electron chi connectivity index (χ2n) is 4.27. The Morgan fingerprint density at radius 2 is 2.06 bits per heavy atom. The van der Waals surface area contributed by atoms with Gasteiger partial charge < -0.3 is 10.1 Å². The molecule has 0 saturated heterocycles. The maximum atomic E-state index is 5.72. The molecule has 0 amide bonds. The van der Waals surface area contributed by atoms with E-state index >= 15 is 0 Å². The van der Waals surface area contributed by atoms with E-state index in [0.29, 0.717) is 6.04 Å². The number of hydrogen-bond donors (Lipinski definition) is 1. The van der Waals surface area contributed by atoms with Crippen LogP contribution < -0.4 is 10.1 Å². The molecule has 0 radical (unpaired) electrons. The summed E-state index contributed by atoms with van der Waals surface area (Å²) in [4.78, 5) is 0. The monoisotopic (exact) mass is 261 g/mol. The number of rotatable bonds is 7. The van der Waals surface area contributed by atoms with Crippen molar-refractivity contribution in [2.45, 2.75) is 18.9 Å². The van der Waals surface area contributed by atoms with Crippen molar-refractivity contribution in [3.05, 3.63) is 52.7 Å². The van der Waals surface area contributed by atoms with Gasteiger partial charge >= 0.3 is 0 Å². The van der Waals surface area contributed by atoms with Crippen molar-refractivity contribution in [2.75, 3.05) is 13.7 Å². The normalized spacial score (nSPS) is 12.3. The van der Waals surface area contributed by atoms with E-state index in [9.17, 15) is 0 Å². The second kappa shape index (κ2) is 7.19. The molecule has 3 heteroatoms. The van der Waals surface area contributed by atoms with Gasteiger partial charge in [-0.1, -0.05) is 18.2 Å². The van der Waals surface area contributed by atoms with Crippen LogP contribution in [0.15, 0.2) is 47.2 Å². The predicted octanol–water partition coefficient (Wildman–Crippen LogP) is 3.35. The Bertz CT molecular complexity index is 427. The summed E-state index contributed by atoms with van der Waals surface area (Å²) in [5.74, 6) is 0.947. The van der Waals surface area contributed by atoms with Crippen LogP contribution in [0.5, 0.6) is 5.75 Å². The highest BCUT2D eigenvalue weighted by Gasteiger charge is 2.07. The van der Waals surface area contributed by atoms with Gasteiger partial charge in [0.1, 0.15) is 5.75 Å². The molecule has 0 bridgehead atoms. The number of thiophene rings is 1. The Labute approximate surface area is 113 Å². The number of para-hydroxylation sites is 1. The van der Waals surface area contributed by atoms with E-state index in [1.165, 1.54) is 5.56 Å². The van der Waals surface area contributed by atoms with E-state index in [-0.39, 0.29) is 0 Å². The van der Waals surface area contributed by atoms with Gasteiger partial charge in [-0.05, 0) is 54.4 Å². The van der Waals surface area contributed by atoms with Crippen LogP contribution in [0.1, 0.15) is 12.0 Å². The van der Waals surface area contributed by atoms with Crippen LogP contribution in [0, 0.1) is 0 Å². The summed E-state index contributed by atoms with van der Waals surface area (Å²) < 4.78 is 5.72. The molecule has 0 aliphatic rings. The zero-order chi connectivity index (χ0) is 12.6. The lowest BCUT2D eigenvalue weighted by Gasteiger charge is -2.15. The first-order valence-electron chi connectivity index (χ1n) is 6.24. The maximum Gasteiger partial charge on any atom is 0.119 e. The lowest BCUT2D eigenvalue weighted by Crippen LogP contribution is -2.29. The van der Waals surface area contributed by atoms with Gasteiger partial charge in [0, 0.05) is 6.04 Å². The standard InChI is InChI=1S/C15H19NOS/c1-16-14(11-13-8-10-18-12-13)7-9-17-15-5-3-2-4-6-15/h2-6,8,10,12,14,16H,7,9,11H2,1H3. The minimum absolute atomic E-state index is 0.475. The van der Waals surface area contributed by atoms with Crippen molar-refractivity contribution in [1.82, 2.24) is 5.32 Å². The molecule has 1 N–H and O–H groups in total. The van der Waals surface area contributed by atoms with Crippen molar-refractivity contribution >= 4 is 11.3 Å². The molecule has 0 aliphatic carbocycles. The van der Waals surface area contributed by atoms with Crippen molar-refractivity contribution in [2.24, 2.45) is 0 Å². The second-order valence-corrected chi connectivity index (χ2v) is 5.05. The van der Waals surface area contributed by atoms with Gasteiger partial charge in [-0.2, -0.15) is 11.3 Å². The Kier molecular flexibility index (Phi) is 5.24. The van der Waals surface area contributed by atoms with Crippen LogP contribution in [0.2, 0.25) is 0 Å². The van der Waals surface area contributed by atoms with Crippen LogP contribution in [-0.2, 0) is 6.42 Å². The SMILES string of the molecule is CNC(CCOc1ccccc1)Cc1ccsc1. The molecule has 0 saturated carbocycles. The molecule has 0 spiro atoms. The number of hydrogen-bond acceptors (Lipinski definition) is 3. The highest BCUT2D eigenvalue weighted by atomic mass is 32.1. The molecule has 2 rings (SSSR count). The van der Waals surface area contributed by atoms with Crippen molar-refractivity contribution in [1.29, 1.82) is 0 Å². The van der Waals surface area contributed by atoms with E-state index in [4.69, 9.17) is 4.74 Å². The first-order valence-corrected chi connectivity index (χ1v) is 7.19. The highest BCUT2D eigenvalue weighted by Crippen LogP contribution is 2.12. The molecule has 2 nitrogen and oxygen atoms in total. The molecule has 1 aromatic heterocycles. The van der Waals surface area contributed by atoms with Gasteiger partial charge in [-0.3, -0.25) is 0 Å². The molecule has 0 fully saturated rings. The number of nitrogens with one attached hydrogen (secondary N) is 1. The summed E-state index contributed by atoms with van der Waals surface area (Å²) in [6.07, 6.45) is 2.08. The van der Waals surface area contributed by atoms with Gasteiger partial charge in [0.25, 0.3) is 0 Å². The minimum atomic E-state index is 0.475. The summed E-state index contributed by atoms with van der Waals surface area (Å²) in [5, 5.41) is 7.69. The first-order chi connectivity index (χ1) is 8.88. The summed E-state index contributed by atoms with van der Waals surface area (Å²) >= 11 is 1.75. The predicted molar refractivity (Wildman–Crippen MR) is 77.4 cm³/mol. The number of benzene rings is 1. The first kappa shape index (κ1) is 13.1. The van der Waals surface area contributed by atoms with Crippen molar-refractivity contribution in [3.63, 3.8) is 0 Å². The van der Waals surface area contributed by atoms with Crippen molar-refractivity contribution in [3.8, 4) is 5.75 Å². The van der Waals surface area contributed by atoms with Crippen LogP contribution in [0.4, 0.5) is 0 Å². The average Bonchev–Trinajstić information content (AvgIpc) is 2.92. The molecular weight excluding hydrogens is 242 g/mol. The molecule has 18 heavy (non-hydrogen) atoms. The van der Waals surface area contributed by atoms with Gasteiger partial charge in [0.2, 0.25) is 0 Å². The molecule has 1 aromatic carbocycles. The number of ether oxygens (including phenoxy) is 1. The van der Waals surface area contributed by atoms with E-state index in [1.807, 2.05) is 37.4 Å². The van der Waals surface area contributed by atoms with E-state index in [0.717, 1.165) is 25.2 Å². The van der Waals surface area contributed by atoms with Crippen molar-refractivity contribution < 1.29 is 4.74 Å². The lowest BCUT2D eigenvalue weighted by molar-refractivity contribution is 0.288. The minimum Gasteiger partial charge on any atom is -0.494 e. The van der Waals surface area contributed by atoms with E-state index < -0.39 is 0 Å². The molecule has 96 valence electrons. The fourth-order valence-corrected chi connectivity index (χ4v) is 2.56. The van der Waals surface area contributed by atoms with Gasteiger partial charge in [0.15, 0.2) is 0 Å². The smallest absolute Gasteiger partial charge is 0.119 e. The van der Waals surface area contributed by atoms with E-state index in [2.05, 4.69) is 22.1 Å². The Balaban J connectivity index is 1.74. The third-order valence-electron chi connectivity index (χ3n) is 2.95. The quantitative estimate of drug-likeness (QED) is 0.825. The zero-order valence-corrected chi connectivity index (χ0v) is 11.5. The molecule has 2 aromatic rings. The topological polar surface area (TPSA) is 21.3 Å². The van der Waals surface area contributed by atoms with Crippen LogP contribution in [0.3, 0.4) is 0 Å². The Morgan fingerprint density at radius 3 is 2.72 bits per heavy atom. The average molecular weight is 261 g/mol. The Hall–Kier alpha value is -1.32. The zero-order valence-electron chi connectivity index (χ0n) is 10.6. The highest BCUT2D eigenvalue weighted by molar-refractivity contribution is 7.07. The lowest BCUT2D eigenvalue weighted by atomic mass is 10.1. The molecule has 1 heterocycles. The van der Waals surface area contributed by atoms with Gasteiger partial charge in [-0.25, -0.2) is 0 Å². The summed E-state index contributed by atoms with van der Waals surface area (Å²) in [7, 11) is 2.01. The van der Waals surface area contributed by atoms with Gasteiger partial charge in [-0.15, -0.1) is 0 Å². The van der Waals surface area contributed by atoms with E-state index in [1.54, 1.807) is 11.3 Å². The summed E-state index contributed by atoms with van der Waals surface area (Å²) in [6.45, 7) is 0.750. The number of likely N-dealkylation sites (N-methyl/N-ethyl adjacent to an activating group) is 1. The largest absolute Gasteiger partial charge is 0.494 e. The maximum absolute atomic E-state index is 5.72. The fraction of sp³-hybridized carbons (Fsp3) is 0.333. The third kappa shape index (κ3) is 4.17. The van der Waals surface area contributed by atoms with Gasteiger partial charge in [0.05, 0.1) is 6.61 Å². The van der Waals surface area contributed by atoms with Crippen LogP contribution >= 0.6 is 11.3 Å². The van der Waals surface area contributed by atoms with Crippen LogP contribution in [0.25, 0.3) is 0 Å². The fourth-order valence-electron chi connectivity index (χ4n) is 1.88. The molecular formula is C15H19NOS. The summed E-state index contributed by atoms with van der Waals surface area (Å²) in [6, 6.07) is 12.6. The molecule has 1 atom stereocenters. The molecule has 1 unspecified atom stereocenters. The molecule has 0 aliphatic heterocycles. The Morgan fingerprint density at radius 1 is 1.22 bits per heavy atom. The third-order valence-corrected chi connectivity index (χ3v) is 3.68. The summed E-state index contributed by atoms with van der Waals surface area (Å²) in [5.41, 5.74) is 1.40. The van der Waals surface area contributed by atoms with Crippen LogP contribution in [-0.4, -0.2) is 19.7 Å².